The number of aliphatic hydroxyl groups excluding tert-OH is 1. The Hall–Kier alpha value is -2.64. The molecule has 1 heterocycles. The minimum atomic E-state index is -0.552. The third-order valence-corrected chi connectivity index (χ3v) is 7.23. The molecule has 2 atom stereocenters. The zero-order chi connectivity index (χ0) is 25.3. The van der Waals surface area contributed by atoms with E-state index in [1.807, 2.05) is 54.6 Å². The van der Waals surface area contributed by atoms with Crippen molar-refractivity contribution in [3.05, 3.63) is 107 Å². The van der Waals surface area contributed by atoms with Crippen LogP contribution in [0.4, 0.5) is 8.78 Å². The van der Waals surface area contributed by atoms with Crippen LogP contribution in [-0.2, 0) is 6.42 Å². The van der Waals surface area contributed by atoms with Gasteiger partial charge in [-0.05, 0) is 66.8 Å². The minimum Gasteiger partial charge on any atom is -0.390 e. The van der Waals surface area contributed by atoms with Crippen LogP contribution in [0.3, 0.4) is 0 Å². The van der Waals surface area contributed by atoms with Crippen molar-refractivity contribution < 1.29 is 13.9 Å². The van der Waals surface area contributed by atoms with Gasteiger partial charge < -0.3 is 15.7 Å². The second kappa shape index (κ2) is 13.1. The Labute approximate surface area is 213 Å². The third-order valence-electron chi connectivity index (χ3n) is 7.23. The highest BCUT2D eigenvalue weighted by molar-refractivity contribution is 5.32. The molecule has 4 nitrogen and oxygen atoms in total. The van der Waals surface area contributed by atoms with Crippen LogP contribution in [0, 0.1) is 11.6 Å². The Bertz CT molecular complexity index is 993. The molecule has 0 aromatic heterocycles. The van der Waals surface area contributed by atoms with Crippen molar-refractivity contribution in [3.63, 3.8) is 0 Å². The van der Waals surface area contributed by atoms with Gasteiger partial charge in [0.25, 0.3) is 0 Å². The Morgan fingerprint density at radius 1 is 0.750 bits per heavy atom. The molecule has 36 heavy (non-hydrogen) atoms. The molecule has 0 saturated carbocycles. The van der Waals surface area contributed by atoms with E-state index >= 15 is 0 Å². The zero-order valence-corrected chi connectivity index (χ0v) is 20.8. The first-order valence-corrected chi connectivity index (χ1v) is 12.9. The molecule has 192 valence electrons. The van der Waals surface area contributed by atoms with Crippen LogP contribution in [0.1, 0.15) is 35.4 Å². The van der Waals surface area contributed by atoms with Gasteiger partial charge in [0.15, 0.2) is 0 Å². The zero-order valence-electron chi connectivity index (χ0n) is 20.8. The summed E-state index contributed by atoms with van der Waals surface area (Å²) in [7, 11) is 0. The molecular formula is C30H37F2N3O. The van der Waals surface area contributed by atoms with Crippen LogP contribution < -0.4 is 5.73 Å². The molecule has 4 rings (SSSR count). The number of nitrogens with two attached hydrogens (primary N) is 1. The predicted octanol–water partition coefficient (Wildman–Crippen LogP) is 4.43. The molecule has 0 radical (unpaired) electrons. The number of β-amino-alcohol motifs (C(OH)–C–C–N with tert-alkyl or cyclic N) is 1. The van der Waals surface area contributed by atoms with Crippen LogP contribution in [0.5, 0.6) is 0 Å². The van der Waals surface area contributed by atoms with E-state index < -0.39 is 6.10 Å². The fourth-order valence-electron chi connectivity index (χ4n) is 5.05. The van der Waals surface area contributed by atoms with Gasteiger partial charge in [-0.2, -0.15) is 0 Å². The van der Waals surface area contributed by atoms with Gasteiger partial charge >= 0.3 is 0 Å². The summed E-state index contributed by atoms with van der Waals surface area (Å²) < 4.78 is 26.9. The largest absolute Gasteiger partial charge is 0.390 e. The van der Waals surface area contributed by atoms with Gasteiger partial charge in [0.05, 0.1) is 6.10 Å². The van der Waals surface area contributed by atoms with Gasteiger partial charge in [-0.15, -0.1) is 0 Å². The van der Waals surface area contributed by atoms with Crippen molar-refractivity contribution in [1.29, 1.82) is 0 Å². The molecule has 3 aromatic rings. The van der Waals surface area contributed by atoms with E-state index in [0.717, 1.165) is 62.3 Å². The highest BCUT2D eigenvalue weighted by atomic mass is 19.1. The second-order valence-electron chi connectivity index (χ2n) is 9.86. The number of aliphatic hydroxyl groups is 1. The van der Waals surface area contributed by atoms with E-state index in [2.05, 4.69) is 9.80 Å². The Morgan fingerprint density at radius 2 is 1.28 bits per heavy atom. The van der Waals surface area contributed by atoms with E-state index in [-0.39, 0.29) is 23.6 Å². The van der Waals surface area contributed by atoms with E-state index in [1.54, 1.807) is 0 Å². The number of halogens is 2. The van der Waals surface area contributed by atoms with Crippen LogP contribution in [0.15, 0.2) is 78.9 Å². The maximum absolute atomic E-state index is 13.5. The Kier molecular flexibility index (Phi) is 9.59. The van der Waals surface area contributed by atoms with E-state index in [4.69, 9.17) is 5.73 Å². The van der Waals surface area contributed by atoms with Crippen LogP contribution >= 0.6 is 0 Å². The molecule has 3 aromatic carbocycles. The SMILES string of the molecule is NC(Cc1ccccc1)C(O)CN1CCN(CCCC(c2ccc(F)cc2)c2ccc(F)cc2)CC1. The minimum absolute atomic E-state index is 0.105. The highest BCUT2D eigenvalue weighted by Crippen LogP contribution is 2.30. The van der Waals surface area contributed by atoms with Gasteiger partial charge in [0.2, 0.25) is 0 Å². The quantitative estimate of drug-likeness (QED) is 0.415. The van der Waals surface area contributed by atoms with Gasteiger partial charge in [0.1, 0.15) is 11.6 Å². The number of piperazine rings is 1. The molecule has 6 heteroatoms. The van der Waals surface area contributed by atoms with Crippen molar-refractivity contribution in [2.45, 2.75) is 37.3 Å². The van der Waals surface area contributed by atoms with Crippen LogP contribution in [0.25, 0.3) is 0 Å². The highest BCUT2D eigenvalue weighted by Gasteiger charge is 2.23. The molecule has 3 N–H and O–H groups in total. The molecular weight excluding hydrogens is 456 g/mol. The lowest BCUT2D eigenvalue weighted by Crippen LogP contribution is -2.51. The lowest BCUT2D eigenvalue weighted by molar-refractivity contribution is 0.0594. The lowest BCUT2D eigenvalue weighted by Gasteiger charge is -2.36. The van der Waals surface area contributed by atoms with Crippen molar-refractivity contribution in [1.82, 2.24) is 9.80 Å². The summed E-state index contributed by atoms with van der Waals surface area (Å²) in [5.74, 6) is -0.394. The summed E-state index contributed by atoms with van der Waals surface area (Å²) >= 11 is 0. The Balaban J connectivity index is 1.23. The molecule has 1 fully saturated rings. The fraction of sp³-hybridized carbons (Fsp3) is 0.400. The second-order valence-corrected chi connectivity index (χ2v) is 9.86. The summed E-state index contributed by atoms with van der Waals surface area (Å²) in [6, 6.07) is 23.1. The summed E-state index contributed by atoms with van der Waals surface area (Å²) in [5.41, 5.74) is 9.52. The van der Waals surface area contributed by atoms with Crippen molar-refractivity contribution in [2.24, 2.45) is 5.73 Å². The summed E-state index contributed by atoms with van der Waals surface area (Å²) in [6.45, 7) is 5.31. The van der Waals surface area contributed by atoms with Crippen molar-refractivity contribution in [2.75, 3.05) is 39.3 Å². The molecule has 0 aliphatic carbocycles. The first-order valence-electron chi connectivity index (χ1n) is 12.9. The third kappa shape index (κ3) is 7.68. The van der Waals surface area contributed by atoms with Crippen molar-refractivity contribution >= 4 is 0 Å². The molecule has 2 unspecified atom stereocenters. The van der Waals surface area contributed by atoms with Gasteiger partial charge in [-0.1, -0.05) is 54.6 Å². The lowest BCUT2D eigenvalue weighted by atomic mass is 9.87. The first kappa shape index (κ1) is 26.4. The monoisotopic (exact) mass is 493 g/mol. The normalized spacial score (nSPS) is 16.8. The number of hydrogen-bond acceptors (Lipinski definition) is 4. The predicted molar refractivity (Wildman–Crippen MR) is 141 cm³/mol. The molecule has 0 bridgehead atoms. The van der Waals surface area contributed by atoms with Gasteiger partial charge in [-0.3, -0.25) is 4.90 Å². The molecule has 0 amide bonds. The maximum atomic E-state index is 13.5. The number of rotatable bonds is 11. The smallest absolute Gasteiger partial charge is 0.123 e. The standard InChI is InChI=1S/C30H37F2N3O/c31-26-12-8-24(9-13-26)28(25-10-14-27(32)15-11-25)7-4-16-34-17-19-35(20-18-34)22-30(36)29(33)21-23-5-2-1-3-6-23/h1-3,5-6,8-15,28-30,36H,4,7,16-22,33H2. The molecule has 1 saturated heterocycles. The molecule has 1 aliphatic heterocycles. The molecule has 1 aliphatic rings. The summed E-state index contributed by atoms with van der Waals surface area (Å²) in [4.78, 5) is 4.75. The Morgan fingerprint density at radius 3 is 1.83 bits per heavy atom. The average molecular weight is 494 g/mol. The molecule has 0 spiro atoms. The topological polar surface area (TPSA) is 52.7 Å². The number of benzene rings is 3. The van der Waals surface area contributed by atoms with E-state index in [0.29, 0.717) is 13.0 Å². The summed E-state index contributed by atoms with van der Waals surface area (Å²) in [5, 5.41) is 10.6. The van der Waals surface area contributed by atoms with E-state index in [1.165, 1.54) is 24.3 Å². The maximum Gasteiger partial charge on any atom is 0.123 e. The average Bonchev–Trinajstić information content (AvgIpc) is 2.89. The van der Waals surface area contributed by atoms with Crippen LogP contribution in [-0.4, -0.2) is 66.3 Å². The summed E-state index contributed by atoms with van der Waals surface area (Å²) in [6.07, 6.45) is 2.02. The first-order chi connectivity index (χ1) is 17.5. The fourth-order valence-corrected chi connectivity index (χ4v) is 5.05. The van der Waals surface area contributed by atoms with Gasteiger partial charge in [0, 0.05) is 44.7 Å². The number of nitrogens with zero attached hydrogens (tertiary/aromatic N) is 2. The van der Waals surface area contributed by atoms with Crippen LogP contribution in [0.2, 0.25) is 0 Å². The van der Waals surface area contributed by atoms with E-state index in [9.17, 15) is 13.9 Å². The van der Waals surface area contributed by atoms with Crippen molar-refractivity contribution in [3.8, 4) is 0 Å². The number of hydrogen-bond donors (Lipinski definition) is 2. The van der Waals surface area contributed by atoms with Gasteiger partial charge in [-0.25, -0.2) is 8.78 Å².